The topological polar surface area (TPSA) is 63.2 Å². The number of hydrogen-bond donors (Lipinski definition) is 0. The molecular formula is C13H14ClN3O2S2. The Kier molecular flexibility index (Phi) is 3.90. The summed E-state index contributed by atoms with van der Waals surface area (Å²) in [6, 6.07) is 7.48. The summed E-state index contributed by atoms with van der Waals surface area (Å²) in [5, 5.41) is 10.1. The first-order valence-electron chi connectivity index (χ1n) is 6.52. The molecule has 1 atom stereocenters. The summed E-state index contributed by atoms with van der Waals surface area (Å²) >= 11 is 7.59. The molecule has 2 aromatic rings. The molecule has 2 heterocycles. The first kappa shape index (κ1) is 14.7. The number of hydrogen-bond acceptors (Lipinski definition) is 6. The van der Waals surface area contributed by atoms with Crippen LogP contribution in [0.4, 0.5) is 5.13 Å². The van der Waals surface area contributed by atoms with Crippen molar-refractivity contribution in [2.24, 2.45) is 0 Å². The maximum absolute atomic E-state index is 11.8. The molecule has 1 saturated heterocycles. The van der Waals surface area contributed by atoms with Crippen molar-refractivity contribution in [3.63, 3.8) is 0 Å². The fourth-order valence-corrected chi connectivity index (χ4v) is 4.70. The van der Waals surface area contributed by atoms with Gasteiger partial charge in [-0.2, -0.15) is 0 Å². The molecule has 1 aromatic carbocycles. The Morgan fingerprint density at radius 3 is 2.81 bits per heavy atom. The fourth-order valence-electron chi connectivity index (χ4n) is 2.21. The van der Waals surface area contributed by atoms with Crippen molar-refractivity contribution >= 4 is 37.9 Å². The van der Waals surface area contributed by atoms with E-state index in [9.17, 15) is 8.42 Å². The Hall–Kier alpha value is -1.18. The largest absolute Gasteiger partial charge is 0.344 e. The van der Waals surface area contributed by atoms with E-state index in [1.807, 2.05) is 29.2 Å². The zero-order valence-corrected chi connectivity index (χ0v) is 13.7. The molecule has 0 aliphatic carbocycles. The highest BCUT2D eigenvalue weighted by atomic mass is 35.5. The van der Waals surface area contributed by atoms with Crippen LogP contribution in [-0.4, -0.2) is 42.7 Å². The van der Waals surface area contributed by atoms with Crippen LogP contribution in [-0.2, 0) is 9.84 Å². The molecule has 1 fully saturated rings. The molecule has 0 saturated carbocycles. The van der Waals surface area contributed by atoms with E-state index in [1.54, 1.807) is 6.92 Å². The molecule has 0 bridgehead atoms. The molecule has 0 radical (unpaired) electrons. The van der Waals surface area contributed by atoms with E-state index >= 15 is 0 Å². The molecule has 0 amide bonds. The van der Waals surface area contributed by atoms with Crippen LogP contribution < -0.4 is 4.90 Å². The van der Waals surface area contributed by atoms with Gasteiger partial charge < -0.3 is 4.90 Å². The van der Waals surface area contributed by atoms with Gasteiger partial charge in [-0.25, -0.2) is 8.42 Å². The molecular weight excluding hydrogens is 330 g/mol. The summed E-state index contributed by atoms with van der Waals surface area (Å²) in [5.41, 5.74) is 0.848. The fraction of sp³-hybridized carbons (Fsp3) is 0.385. The molecule has 1 aromatic heterocycles. The predicted octanol–water partition coefficient (Wildman–Crippen LogP) is 2.48. The first-order chi connectivity index (χ1) is 9.97. The van der Waals surface area contributed by atoms with E-state index in [2.05, 4.69) is 10.2 Å². The lowest BCUT2D eigenvalue weighted by Gasteiger charge is -2.30. The minimum Gasteiger partial charge on any atom is -0.344 e. The van der Waals surface area contributed by atoms with Gasteiger partial charge in [0.2, 0.25) is 5.13 Å². The number of aromatic nitrogens is 2. The quantitative estimate of drug-likeness (QED) is 0.838. The summed E-state index contributed by atoms with van der Waals surface area (Å²) in [7, 11) is -2.96. The van der Waals surface area contributed by atoms with Gasteiger partial charge in [0.15, 0.2) is 14.8 Å². The number of nitrogens with zero attached hydrogens (tertiary/aromatic N) is 3. The molecule has 0 spiro atoms. The van der Waals surface area contributed by atoms with Gasteiger partial charge in [0.05, 0.1) is 16.0 Å². The van der Waals surface area contributed by atoms with Crippen LogP contribution in [0.25, 0.3) is 10.6 Å². The van der Waals surface area contributed by atoms with Crippen molar-refractivity contribution in [3.05, 3.63) is 29.3 Å². The van der Waals surface area contributed by atoms with Crippen LogP contribution >= 0.6 is 22.9 Å². The maximum Gasteiger partial charge on any atom is 0.208 e. The zero-order valence-electron chi connectivity index (χ0n) is 11.4. The molecule has 1 aliphatic heterocycles. The number of halogens is 1. The summed E-state index contributed by atoms with van der Waals surface area (Å²) in [5.74, 6) is 0.162. The Morgan fingerprint density at radius 1 is 1.33 bits per heavy atom. The molecule has 21 heavy (non-hydrogen) atoms. The van der Waals surface area contributed by atoms with Gasteiger partial charge in [-0.1, -0.05) is 41.1 Å². The summed E-state index contributed by atoms with van der Waals surface area (Å²) in [4.78, 5) is 1.98. The third-order valence-electron chi connectivity index (χ3n) is 3.53. The lowest BCUT2D eigenvalue weighted by Crippen LogP contribution is -2.45. The normalized spacial score (nSPS) is 21.4. The molecule has 1 unspecified atom stereocenters. The van der Waals surface area contributed by atoms with Gasteiger partial charge in [0.25, 0.3) is 0 Å². The predicted molar refractivity (Wildman–Crippen MR) is 85.8 cm³/mol. The van der Waals surface area contributed by atoms with Crippen molar-refractivity contribution in [1.29, 1.82) is 0 Å². The lowest BCUT2D eigenvalue weighted by molar-refractivity contribution is 0.569. The van der Waals surface area contributed by atoms with E-state index < -0.39 is 9.84 Å². The van der Waals surface area contributed by atoms with Crippen molar-refractivity contribution in [3.8, 4) is 10.6 Å². The highest BCUT2D eigenvalue weighted by Crippen LogP contribution is 2.33. The van der Waals surface area contributed by atoms with E-state index in [0.29, 0.717) is 18.1 Å². The molecule has 8 heteroatoms. The van der Waals surface area contributed by atoms with Crippen LogP contribution in [0.3, 0.4) is 0 Å². The minimum atomic E-state index is -2.96. The Balaban J connectivity index is 1.85. The second kappa shape index (κ2) is 5.55. The Labute approximate surface area is 132 Å². The summed E-state index contributed by atoms with van der Waals surface area (Å²) in [6.07, 6.45) is 0. The van der Waals surface area contributed by atoms with E-state index in [4.69, 9.17) is 11.6 Å². The van der Waals surface area contributed by atoms with E-state index in [-0.39, 0.29) is 11.0 Å². The average Bonchev–Trinajstić information content (AvgIpc) is 2.92. The summed E-state index contributed by atoms with van der Waals surface area (Å²) in [6.45, 7) is 2.65. The highest BCUT2D eigenvalue weighted by Gasteiger charge is 2.31. The Bertz CT molecular complexity index is 760. The van der Waals surface area contributed by atoms with Gasteiger partial charge in [-0.05, 0) is 13.0 Å². The van der Waals surface area contributed by atoms with Crippen LogP contribution in [0.2, 0.25) is 5.02 Å². The molecule has 112 valence electrons. The van der Waals surface area contributed by atoms with Gasteiger partial charge in [-0.3, -0.25) is 0 Å². The monoisotopic (exact) mass is 343 g/mol. The van der Waals surface area contributed by atoms with Crippen LogP contribution in [0.15, 0.2) is 24.3 Å². The first-order valence-corrected chi connectivity index (χ1v) is 9.43. The summed E-state index contributed by atoms with van der Waals surface area (Å²) < 4.78 is 23.5. The number of rotatable bonds is 2. The van der Waals surface area contributed by atoms with Gasteiger partial charge in [0.1, 0.15) is 0 Å². The standard InChI is InChI=1S/C13H14ClN3O2S2/c1-9-8-17(6-7-21(9,18)19)13-16-15-12(20-13)10-4-2-3-5-11(10)14/h2-5,9H,6-8H2,1H3. The van der Waals surface area contributed by atoms with Crippen LogP contribution in [0, 0.1) is 0 Å². The highest BCUT2D eigenvalue weighted by molar-refractivity contribution is 7.92. The third kappa shape index (κ3) is 2.90. The number of sulfone groups is 1. The van der Waals surface area contributed by atoms with Gasteiger partial charge >= 0.3 is 0 Å². The van der Waals surface area contributed by atoms with Crippen molar-refractivity contribution < 1.29 is 8.42 Å². The maximum atomic E-state index is 11.8. The molecule has 5 nitrogen and oxygen atoms in total. The van der Waals surface area contributed by atoms with Crippen molar-refractivity contribution in [1.82, 2.24) is 10.2 Å². The van der Waals surface area contributed by atoms with Crippen molar-refractivity contribution in [2.75, 3.05) is 23.7 Å². The van der Waals surface area contributed by atoms with E-state index in [1.165, 1.54) is 11.3 Å². The van der Waals surface area contributed by atoms with E-state index in [0.717, 1.165) is 15.7 Å². The third-order valence-corrected chi connectivity index (χ3v) is 7.00. The second-order valence-corrected chi connectivity index (χ2v) is 8.90. The van der Waals surface area contributed by atoms with Crippen LogP contribution in [0.5, 0.6) is 0 Å². The SMILES string of the molecule is CC1CN(c2nnc(-c3ccccc3Cl)s2)CCS1(=O)=O. The Morgan fingerprint density at radius 2 is 2.10 bits per heavy atom. The average molecular weight is 344 g/mol. The second-order valence-electron chi connectivity index (χ2n) is 4.99. The lowest BCUT2D eigenvalue weighted by atomic mass is 10.2. The number of benzene rings is 1. The van der Waals surface area contributed by atoms with Gasteiger partial charge in [-0.15, -0.1) is 10.2 Å². The molecule has 1 aliphatic rings. The minimum absolute atomic E-state index is 0.162. The van der Waals surface area contributed by atoms with Crippen LogP contribution in [0.1, 0.15) is 6.92 Å². The zero-order chi connectivity index (χ0) is 15.0. The van der Waals surface area contributed by atoms with Crippen molar-refractivity contribution in [2.45, 2.75) is 12.2 Å². The van der Waals surface area contributed by atoms with Gasteiger partial charge in [0, 0.05) is 18.7 Å². The molecule has 3 rings (SSSR count). The number of anilines is 1. The smallest absolute Gasteiger partial charge is 0.208 e. The molecule has 0 N–H and O–H groups in total.